The van der Waals surface area contributed by atoms with Crippen molar-refractivity contribution >= 4 is 11.8 Å². The summed E-state index contributed by atoms with van der Waals surface area (Å²) in [5.74, 6) is 2.36. The molecule has 5 nitrogen and oxygen atoms in total. The van der Waals surface area contributed by atoms with Crippen LogP contribution in [0.4, 0.5) is 0 Å². The lowest BCUT2D eigenvalue weighted by Crippen LogP contribution is -2.00. The molecule has 0 N–H and O–H groups in total. The summed E-state index contributed by atoms with van der Waals surface area (Å²) in [6.07, 6.45) is 1.84. The van der Waals surface area contributed by atoms with Crippen molar-refractivity contribution in [2.75, 3.05) is 7.11 Å². The fourth-order valence-electron chi connectivity index (χ4n) is 2.47. The normalized spacial score (nSPS) is 10.3. The summed E-state index contributed by atoms with van der Waals surface area (Å²) in [5.41, 5.74) is 2.77. The van der Waals surface area contributed by atoms with Crippen molar-refractivity contribution in [1.29, 1.82) is 5.26 Å². The Morgan fingerprint density at radius 1 is 1.15 bits per heavy atom. The molecule has 3 rings (SSSR count). The number of ether oxygens (including phenoxy) is 1. The van der Waals surface area contributed by atoms with Crippen molar-refractivity contribution < 1.29 is 4.74 Å². The smallest absolute Gasteiger partial charge is 0.192 e. The molecule has 0 spiro atoms. The fraction of sp³-hybridized carbons (Fsp3) is 0.150. The molecule has 6 heteroatoms. The quantitative estimate of drug-likeness (QED) is 0.463. The summed E-state index contributed by atoms with van der Waals surface area (Å²) in [4.78, 5) is 0. The maximum absolute atomic E-state index is 8.88. The molecule has 0 saturated carbocycles. The van der Waals surface area contributed by atoms with E-state index in [-0.39, 0.29) is 0 Å². The first-order valence-electron chi connectivity index (χ1n) is 8.05. The molecular formula is C20H18N4OS. The van der Waals surface area contributed by atoms with Gasteiger partial charge in [-0.2, -0.15) is 5.26 Å². The minimum atomic E-state index is 0.629. The van der Waals surface area contributed by atoms with E-state index in [2.05, 4.69) is 22.8 Å². The molecule has 2 aromatic carbocycles. The van der Waals surface area contributed by atoms with Crippen molar-refractivity contribution in [3.63, 3.8) is 0 Å². The summed E-state index contributed by atoms with van der Waals surface area (Å²) in [6, 6.07) is 17.5. The lowest BCUT2D eigenvalue weighted by atomic mass is 10.2. The molecule has 26 heavy (non-hydrogen) atoms. The number of rotatable bonds is 7. The molecule has 0 amide bonds. The Kier molecular flexibility index (Phi) is 5.72. The number of nitrogens with zero attached hydrogens (tertiary/aromatic N) is 4. The Hall–Kier alpha value is -3.04. The van der Waals surface area contributed by atoms with Gasteiger partial charge in [-0.05, 0) is 42.0 Å². The Morgan fingerprint density at radius 2 is 1.88 bits per heavy atom. The minimum Gasteiger partial charge on any atom is -0.497 e. The first kappa shape index (κ1) is 17.8. The van der Waals surface area contributed by atoms with E-state index < -0.39 is 0 Å². The Labute approximate surface area is 157 Å². The van der Waals surface area contributed by atoms with Gasteiger partial charge in [0, 0.05) is 17.9 Å². The number of hydrogen-bond donors (Lipinski definition) is 0. The lowest BCUT2D eigenvalue weighted by molar-refractivity contribution is 0.415. The van der Waals surface area contributed by atoms with Crippen LogP contribution in [0, 0.1) is 11.3 Å². The first-order chi connectivity index (χ1) is 12.7. The Balaban J connectivity index is 1.81. The van der Waals surface area contributed by atoms with Gasteiger partial charge in [0.25, 0.3) is 0 Å². The third-order valence-electron chi connectivity index (χ3n) is 3.83. The van der Waals surface area contributed by atoms with E-state index in [1.165, 1.54) is 0 Å². The number of aromatic nitrogens is 3. The molecular weight excluding hydrogens is 344 g/mol. The molecule has 0 radical (unpaired) electrons. The Bertz CT molecular complexity index is 924. The molecule has 0 aliphatic heterocycles. The summed E-state index contributed by atoms with van der Waals surface area (Å²) in [6.45, 7) is 4.47. The highest BCUT2D eigenvalue weighted by Gasteiger charge is 2.13. The molecule has 1 heterocycles. The van der Waals surface area contributed by atoms with Crippen molar-refractivity contribution in [3.8, 4) is 23.2 Å². The van der Waals surface area contributed by atoms with E-state index in [4.69, 9.17) is 10.00 Å². The molecule has 130 valence electrons. The van der Waals surface area contributed by atoms with Crippen LogP contribution in [0.1, 0.15) is 11.1 Å². The van der Waals surface area contributed by atoms with Gasteiger partial charge in [0.15, 0.2) is 11.0 Å². The highest BCUT2D eigenvalue weighted by molar-refractivity contribution is 7.98. The molecule has 0 aliphatic rings. The van der Waals surface area contributed by atoms with Crippen molar-refractivity contribution in [3.05, 3.63) is 72.3 Å². The van der Waals surface area contributed by atoms with Crippen molar-refractivity contribution in [1.82, 2.24) is 14.8 Å². The second kappa shape index (κ2) is 8.37. The van der Waals surface area contributed by atoms with Gasteiger partial charge >= 0.3 is 0 Å². The zero-order valence-electron chi connectivity index (χ0n) is 14.4. The van der Waals surface area contributed by atoms with Crippen molar-refractivity contribution in [2.45, 2.75) is 17.5 Å². The van der Waals surface area contributed by atoms with E-state index >= 15 is 0 Å². The number of hydrogen-bond acceptors (Lipinski definition) is 5. The average Bonchev–Trinajstić information content (AvgIpc) is 3.10. The summed E-state index contributed by atoms with van der Waals surface area (Å²) < 4.78 is 7.25. The van der Waals surface area contributed by atoms with Gasteiger partial charge in [-0.1, -0.05) is 30.0 Å². The van der Waals surface area contributed by atoms with E-state index in [1.807, 2.05) is 59.2 Å². The topological polar surface area (TPSA) is 63.7 Å². The molecule has 0 aliphatic carbocycles. The van der Waals surface area contributed by atoms with Gasteiger partial charge in [-0.3, -0.25) is 4.57 Å². The molecule has 3 aromatic rings. The average molecular weight is 362 g/mol. The monoisotopic (exact) mass is 362 g/mol. The zero-order chi connectivity index (χ0) is 18.4. The predicted molar refractivity (Wildman–Crippen MR) is 103 cm³/mol. The molecule has 0 saturated heterocycles. The largest absolute Gasteiger partial charge is 0.497 e. The molecule has 0 fully saturated rings. The van der Waals surface area contributed by atoms with Crippen LogP contribution in [0.25, 0.3) is 11.4 Å². The van der Waals surface area contributed by atoms with Gasteiger partial charge in [0.1, 0.15) is 5.75 Å². The predicted octanol–water partition coefficient (Wildman–Crippen LogP) is 4.30. The fourth-order valence-corrected chi connectivity index (χ4v) is 3.37. The van der Waals surface area contributed by atoms with E-state index in [0.717, 1.165) is 33.6 Å². The van der Waals surface area contributed by atoms with Crippen molar-refractivity contribution in [2.24, 2.45) is 0 Å². The van der Waals surface area contributed by atoms with Gasteiger partial charge in [0.05, 0.1) is 18.7 Å². The zero-order valence-corrected chi connectivity index (χ0v) is 15.2. The van der Waals surface area contributed by atoms with Crippen LogP contribution >= 0.6 is 11.8 Å². The highest BCUT2D eigenvalue weighted by atomic mass is 32.2. The molecule has 0 atom stereocenters. The van der Waals surface area contributed by atoms with Gasteiger partial charge in [-0.15, -0.1) is 16.8 Å². The van der Waals surface area contributed by atoms with Gasteiger partial charge in [0.2, 0.25) is 0 Å². The van der Waals surface area contributed by atoms with E-state index in [9.17, 15) is 0 Å². The van der Waals surface area contributed by atoms with Crippen LogP contribution in [-0.4, -0.2) is 21.9 Å². The number of thioether (sulfide) groups is 1. The van der Waals surface area contributed by atoms with Gasteiger partial charge in [-0.25, -0.2) is 0 Å². The molecule has 0 bridgehead atoms. The third-order valence-corrected chi connectivity index (χ3v) is 4.87. The number of allylic oxidation sites excluding steroid dienone is 1. The first-order valence-corrected chi connectivity index (χ1v) is 9.04. The maximum Gasteiger partial charge on any atom is 0.192 e. The van der Waals surface area contributed by atoms with E-state index in [0.29, 0.717) is 12.1 Å². The number of nitriles is 1. The standard InChI is InChI=1S/C20H18N4OS/c1-3-12-24-19(17-8-10-18(25-2)11-9-17)22-23-20(24)26-14-16-6-4-15(13-21)5-7-16/h3-11H,1,12,14H2,2H3. The number of benzene rings is 2. The second-order valence-corrected chi connectivity index (χ2v) is 6.47. The van der Waals surface area contributed by atoms with Gasteiger partial charge < -0.3 is 4.74 Å². The lowest BCUT2D eigenvalue weighted by Gasteiger charge is -2.08. The summed E-state index contributed by atoms with van der Waals surface area (Å²) in [5, 5.41) is 18.4. The maximum atomic E-state index is 8.88. The SMILES string of the molecule is C=CCn1c(SCc2ccc(C#N)cc2)nnc1-c1ccc(OC)cc1. The van der Waals surface area contributed by atoms with Crippen LogP contribution in [0.5, 0.6) is 5.75 Å². The molecule has 1 aromatic heterocycles. The summed E-state index contributed by atoms with van der Waals surface area (Å²) >= 11 is 1.61. The summed E-state index contributed by atoms with van der Waals surface area (Å²) in [7, 11) is 1.65. The van der Waals surface area contributed by atoms with Crippen LogP contribution in [0.3, 0.4) is 0 Å². The molecule has 0 unspecified atom stereocenters. The van der Waals surface area contributed by atoms with Crippen LogP contribution in [0.2, 0.25) is 0 Å². The second-order valence-electron chi connectivity index (χ2n) is 5.53. The minimum absolute atomic E-state index is 0.629. The highest BCUT2D eigenvalue weighted by Crippen LogP contribution is 2.27. The van der Waals surface area contributed by atoms with Crippen LogP contribution in [-0.2, 0) is 12.3 Å². The van der Waals surface area contributed by atoms with E-state index in [1.54, 1.807) is 18.9 Å². The van der Waals surface area contributed by atoms with Crippen LogP contribution in [0.15, 0.2) is 66.3 Å². The van der Waals surface area contributed by atoms with Crippen LogP contribution < -0.4 is 4.74 Å². The third kappa shape index (κ3) is 3.95. The Morgan fingerprint density at radius 3 is 2.50 bits per heavy atom. The number of methoxy groups -OCH3 is 1.